The number of nitrogens with zero attached hydrogens (tertiary/aromatic N) is 1. The summed E-state index contributed by atoms with van der Waals surface area (Å²) >= 11 is 0. The SMILES string of the molecule is C[C@H](CCC(=O)NCc1ccccn1)[C@@H]1CC[C@@H]2[C@@H]3[C@@H](CC[C@@]21C)[C@@]1(C)CC[C@@H](O)C[C@H]1C[C@@H]3O. The molecule has 5 rings (SSSR count). The number of aliphatic hydroxyl groups is 2. The molecule has 1 aromatic rings. The van der Waals surface area contributed by atoms with Crippen LogP contribution in [0, 0.1) is 46.3 Å². The molecule has 0 bridgehead atoms. The molecule has 4 fully saturated rings. The first-order chi connectivity index (χ1) is 16.7. The third-order valence-electron chi connectivity index (χ3n) is 11.4. The number of hydrogen-bond acceptors (Lipinski definition) is 4. The lowest BCUT2D eigenvalue weighted by Gasteiger charge is -2.62. The largest absolute Gasteiger partial charge is 0.393 e. The number of aromatic nitrogens is 1. The molecule has 0 spiro atoms. The molecule has 1 aromatic heterocycles. The molecular weight excluding hydrogens is 436 g/mol. The van der Waals surface area contributed by atoms with Crippen molar-refractivity contribution < 1.29 is 15.0 Å². The Morgan fingerprint density at radius 2 is 1.86 bits per heavy atom. The summed E-state index contributed by atoms with van der Waals surface area (Å²) < 4.78 is 0. The third kappa shape index (κ3) is 4.56. The average Bonchev–Trinajstić information content (AvgIpc) is 3.20. The summed E-state index contributed by atoms with van der Waals surface area (Å²) in [4.78, 5) is 16.8. The van der Waals surface area contributed by atoms with Gasteiger partial charge in [-0.1, -0.05) is 26.8 Å². The van der Waals surface area contributed by atoms with Crippen molar-refractivity contribution in [3.8, 4) is 0 Å². The second-order valence-electron chi connectivity index (χ2n) is 13.1. The van der Waals surface area contributed by atoms with Crippen LogP contribution in [0.1, 0.15) is 90.7 Å². The van der Waals surface area contributed by atoms with Crippen molar-refractivity contribution in [2.75, 3.05) is 0 Å². The first kappa shape index (κ1) is 25.2. The molecular formula is C30H46N2O3. The number of fused-ring (bicyclic) bond motifs is 5. The molecule has 3 N–H and O–H groups in total. The Morgan fingerprint density at radius 1 is 1.09 bits per heavy atom. The summed E-state index contributed by atoms with van der Waals surface area (Å²) in [7, 11) is 0. The van der Waals surface area contributed by atoms with Crippen LogP contribution in [0.2, 0.25) is 0 Å². The first-order valence-electron chi connectivity index (χ1n) is 14.2. The fourth-order valence-electron chi connectivity index (χ4n) is 9.52. The molecule has 0 saturated heterocycles. The van der Waals surface area contributed by atoms with Gasteiger partial charge in [0.1, 0.15) is 0 Å². The highest BCUT2D eigenvalue weighted by atomic mass is 16.3. The van der Waals surface area contributed by atoms with Gasteiger partial charge in [0.2, 0.25) is 5.91 Å². The third-order valence-corrected chi connectivity index (χ3v) is 11.4. The lowest BCUT2D eigenvalue weighted by Crippen LogP contribution is -2.58. The Labute approximate surface area is 211 Å². The Kier molecular flexibility index (Phi) is 7.04. The van der Waals surface area contributed by atoms with Gasteiger partial charge in [0, 0.05) is 12.6 Å². The number of pyridine rings is 1. The normalized spacial score (nSPS) is 43.5. The molecule has 5 heteroatoms. The lowest BCUT2D eigenvalue weighted by atomic mass is 9.43. The number of amides is 1. The van der Waals surface area contributed by atoms with Crippen LogP contribution in [0.15, 0.2) is 24.4 Å². The van der Waals surface area contributed by atoms with E-state index in [2.05, 4.69) is 31.1 Å². The van der Waals surface area contributed by atoms with Crippen LogP contribution in [0.4, 0.5) is 0 Å². The molecule has 4 saturated carbocycles. The second kappa shape index (κ2) is 9.78. The van der Waals surface area contributed by atoms with E-state index in [0.717, 1.165) is 37.8 Å². The van der Waals surface area contributed by atoms with Gasteiger partial charge in [-0.25, -0.2) is 0 Å². The van der Waals surface area contributed by atoms with E-state index in [-0.39, 0.29) is 28.9 Å². The summed E-state index contributed by atoms with van der Waals surface area (Å²) in [5, 5.41) is 24.8. The number of aliphatic hydroxyl groups excluding tert-OH is 2. The van der Waals surface area contributed by atoms with E-state index < -0.39 is 0 Å². The number of nitrogens with one attached hydrogen (secondary N) is 1. The van der Waals surface area contributed by atoms with E-state index in [9.17, 15) is 15.0 Å². The zero-order valence-corrected chi connectivity index (χ0v) is 22.0. The van der Waals surface area contributed by atoms with Crippen LogP contribution in [-0.2, 0) is 11.3 Å². The van der Waals surface area contributed by atoms with Crippen molar-refractivity contribution in [3.05, 3.63) is 30.1 Å². The van der Waals surface area contributed by atoms with Gasteiger partial charge in [0.15, 0.2) is 0 Å². The van der Waals surface area contributed by atoms with Gasteiger partial charge in [-0.15, -0.1) is 0 Å². The van der Waals surface area contributed by atoms with Crippen LogP contribution in [-0.4, -0.2) is 33.3 Å². The van der Waals surface area contributed by atoms with Gasteiger partial charge in [-0.2, -0.15) is 0 Å². The summed E-state index contributed by atoms with van der Waals surface area (Å²) in [5.74, 6) is 3.31. The van der Waals surface area contributed by atoms with Crippen molar-refractivity contribution in [1.82, 2.24) is 10.3 Å². The predicted octanol–water partition coefficient (Wildman–Crippen LogP) is 5.10. The predicted molar refractivity (Wildman–Crippen MR) is 137 cm³/mol. The number of carbonyl (C=O) groups is 1. The molecule has 4 aliphatic rings. The number of carbonyl (C=O) groups excluding carboxylic acids is 1. The van der Waals surface area contributed by atoms with Gasteiger partial charge in [-0.05, 0) is 116 Å². The lowest BCUT2D eigenvalue weighted by molar-refractivity contribution is -0.174. The van der Waals surface area contributed by atoms with Gasteiger partial charge < -0.3 is 15.5 Å². The molecule has 0 unspecified atom stereocenters. The summed E-state index contributed by atoms with van der Waals surface area (Å²) in [6.07, 6.45) is 11.6. The molecule has 0 aliphatic heterocycles. The van der Waals surface area contributed by atoms with Crippen LogP contribution < -0.4 is 5.32 Å². The summed E-state index contributed by atoms with van der Waals surface area (Å²) in [6.45, 7) is 7.84. The van der Waals surface area contributed by atoms with Gasteiger partial charge in [-0.3, -0.25) is 9.78 Å². The quantitative estimate of drug-likeness (QED) is 0.527. The average molecular weight is 483 g/mol. The van der Waals surface area contributed by atoms with E-state index in [0.29, 0.717) is 48.5 Å². The van der Waals surface area contributed by atoms with Crippen LogP contribution in [0.25, 0.3) is 0 Å². The Bertz CT molecular complexity index is 893. The Hall–Kier alpha value is -1.46. The molecule has 4 aliphatic carbocycles. The molecule has 1 amide bonds. The van der Waals surface area contributed by atoms with E-state index in [4.69, 9.17) is 0 Å². The van der Waals surface area contributed by atoms with Crippen molar-refractivity contribution in [2.45, 2.75) is 104 Å². The fraction of sp³-hybridized carbons (Fsp3) is 0.800. The topological polar surface area (TPSA) is 82.5 Å². The molecule has 0 aromatic carbocycles. The Morgan fingerprint density at radius 3 is 2.63 bits per heavy atom. The van der Waals surface area contributed by atoms with E-state index in [1.807, 2.05) is 18.2 Å². The van der Waals surface area contributed by atoms with Gasteiger partial charge >= 0.3 is 0 Å². The first-order valence-corrected chi connectivity index (χ1v) is 14.2. The maximum atomic E-state index is 12.5. The molecule has 35 heavy (non-hydrogen) atoms. The monoisotopic (exact) mass is 482 g/mol. The van der Waals surface area contributed by atoms with Crippen LogP contribution >= 0.6 is 0 Å². The standard InChI is InChI=1S/C30H46N2O3/c1-19(7-10-27(35)32-18-21-6-4-5-15-31-21)23-8-9-24-28-25(12-14-30(23,24)3)29(2)13-11-22(33)16-20(29)17-26(28)34/h4-6,15,19-20,22-26,28,33-34H,7-14,16-18H2,1-3H3,(H,32,35)/t19-,20+,22-,23+,24-,25-,26+,28-,29+,30-/m1/s1. The van der Waals surface area contributed by atoms with Gasteiger partial charge in [0.05, 0.1) is 24.4 Å². The van der Waals surface area contributed by atoms with Crippen LogP contribution in [0.3, 0.4) is 0 Å². The molecule has 1 heterocycles. The maximum Gasteiger partial charge on any atom is 0.220 e. The van der Waals surface area contributed by atoms with E-state index >= 15 is 0 Å². The van der Waals surface area contributed by atoms with Gasteiger partial charge in [0.25, 0.3) is 0 Å². The van der Waals surface area contributed by atoms with E-state index in [1.165, 1.54) is 25.7 Å². The minimum absolute atomic E-state index is 0.118. The molecule has 5 nitrogen and oxygen atoms in total. The van der Waals surface area contributed by atoms with Crippen molar-refractivity contribution >= 4 is 5.91 Å². The highest BCUT2D eigenvalue weighted by Crippen LogP contribution is 2.68. The molecule has 194 valence electrons. The minimum atomic E-state index is -0.223. The highest BCUT2D eigenvalue weighted by Gasteiger charge is 2.62. The smallest absolute Gasteiger partial charge is 0.220 e. The van der Waals surface area contributed by atoms with Crippen molar-refractivity contribution in [1.29, 1.82) is 0 Å². The van der Waals surface area contributed by atoms with Crippen LogP contribution in [0.5, 0.6) is 0 Å². The minimum Gasteiger partial charge on any atom is -0.393 e. The van der Waals surface area contributed by atoms with Crippen molar-refractivity contribution in [2.24, 2.45) is 46.3 Å². The maximum absolute atomic E-state index is 12.5. The summed E-state index contributed by atoms with van der Waals surface area (Å²) in [5.41, 5.74) is 1.44. The number of hydrogen-bond donors (Lipinski definition) is 3. The Balaban J connectivity index is 1.21. The van der Waals surface area contributed by atoms with Crippen molar-refractivity contribution in [3.63, 3.8) is 0 Å². The number of rotatable bonds is 6. The molecule has 10 atom stereocenters. The zero-order chi connectivity index (χ0) is 24.8. The van der Waals surface area contributed by atoms with E-state index in [1.54, 1.807) is 6.20 Å². The summed E-state index contributed by atoms with van der Waals surface area (Å²) in [6, 6.07) is 5.78. The second-order valence-corrected chi connectivity index (χ2v) is 13.1. The highest BCUT2D eigenvalue weighted by molar-refractivity contribution is 5.75. The zero-order valence-electron chi connectivity index (χ0n) is 22.0. The fourth-order valence-corrected chi connectivity index (χ4v) is 9.52. The molecule has 0 radical (unpaired) electrons.